The average Bonchev–Trinajstić information content (AvgIpc) is 2.62. The second-order valence-corrected chi connectivity index (χ2v) is 7.92. The molecule has 2 aliphatic rings. The topological polar surface area (TPSA) is 0 Å². The maximum Gasteiger partial charge on any atom is -0.0162 e. The molecule has 0 spiro atoms. The zero-order valence-corrected chi connectivity index (χ0v) is 14.7. The summed E-state index contributed by atoms with van der Waals surface area (Å²) < 4.78 is 0. The van der Waals surface area contributed by atoms with Gasteiger partial charge in [-0.2, -0.15) is 0 Å². The Morgan fingerprint density at radius 2 is 0.909 bits per heavy atom. The molecule has 0 radical (unpaired) electrons. The first-order valence-corrected chi connectivity index (χ1v) is 9.90. The number of hydrogen-bond donors (Lipinski definition) is 0. The Hall–Kier alpha value is -0.780. The predicted octanol–water partition coefficient (Wildman–Crippen LogP) is 7.05. The fraction of sp³-hybridized carbons (Fsp3) is 0.727. The van der Waals surface area contributed by atoms with Crippen molar-refractivity contribution in [3.05, 3.63) is 35.4 Å². The summed E-state index contributed by atoms with van der Waals surface area (Å²) in [6, 6.07) is 9.83. The van der Waals surface area contributed by atoms with Crippen LogP contribution in [0.2, 0.25) is 0 Å². The molecule has 0 saturated heterocycles. The van der Waals surface area contributed by atoms with Crippen molar-refractivity contribution >= 4 is 0 Å². The van der Waals surface area contributed by atoms with Crippen LogP contribution >= 0.6 is 0 Å². The molecular formula is C22H34. The molecule has 2 fully saturated rings. The zero-order chi connectivity index (χ0) is 15.4. The van der Waals surface area contributed by atoms with Gasteiger partial charge in [0.25, 0.3) is 0 Å². The first-order chi connectivity index (χ1) is 10.8. The van der Waals surface area contributed by atoms with Gasteiger partial charge in [0, 0.05) is 0 Å². The number of benzene rings is 1. The highest BCUT2D eigenvalue weighted by Gasteiger charge is 2.23. The first kappa shape index (κ1) is 16.1. The van der Waals surface area contributed by atoms with Crippen molar-refractivity contribution in [2.24, 2.45) is 11.8 Å². The minimum Gasteiger partial charge on any atom is -0.0651 e. The third-order valence-corrected chi connectivity index (χ3v) is 6.73. The van der Waals surface area contributed by atoms with Crippen molar-refractivity contribution in [3.8, 4) is 0 Å². The van der Waals surface area contributed by atoms with E-state index >= 15 is 0 Å². The van der Waals surface area contributed by atoms with E-state index in [1.165, 1.54) is 64.2 Å². The van der Waals surface area contributed by atoms with Crippen molar-refractivity contribution < 1.29 is 0 Å². The van der Waals surface area contributed by atoms with Gasteiger partial charge in [-0.25, -0.2) is 0 Å². The minimum absolute atomic E-state index is 0.840. The largest absolute Gasteiger partial charge is 0.0651 e. The molecule has 0 aromatic heterocycles. The minimum atomic E-state index is 0.840. The Morgan fingerprint density at radius 3 is 1.18 bits per heavy atom. The van der Waals surface area contributed by atoms with Gasteiger partial charge in [-0.1, -0.05) is 51.0 Å². The van der Waals surface area contributed by atoms with E-state index in [4.69, 9.17) is 0 Å². The van der Waals surface area contributed by atoms with Crippen LogP contribution in [-0.4, -0.2) is 0 Å². The van der Waals surface area contributed by atoms with Crippen molar-refractivity contribution in [1.82, 2.24) is 0 Å². The van der Waals surface area contributed by atoms with Gasteiger partial charge in [0.15, 0.2) is 0 Å². The van der Waals surface area contributed by atoms with Crippen LogP contribution in [0.25, 0.3) is 0 Å². The molecule has 0 aliphatic heterocycles. The summed E-state index contributed by atoms with van der Waals surface area (Å²) >= 11 is 0. The van der Waals surface area contributed by atoms with E-state index in [0.717, 1.165) is 23.7 Å². The highest BCUT2D eigenvalue weighted by molar-refractivity contribution is 5.28. The lowest BCUT2D eigenvalue weighted by atomic mass is 9.76. The van der Waals surface area contributed by atoms with Crippen molar-refractivity contribution in [2.75, 3.05) is 0 Å². The van der Waals surface area contributed by atoms with Crippen LogP contribution in [0.3, 0.4) is 0 Å². The lowest BCUT2D eigenvalue weighted by molar-refractivity contribution is 0.316. The Kier molecular flexibility index (Phi) is 5.61. The summed E-state index contributed by atoms with van der Waals surface area (Å²) in [5, 5.41) is 0. The fourth-order valence-corrected chi connectivity index (χ4v) is 4.85. The van der Waals surface area contributed by atoms with Crippen molar-refractivity contribution in [1.29, 1.82) is 0 Å². The third-order valence-electron chi connectivity index (χ3n) is 6.73. The van der Waals surface area contributed by atoms with Gasteiger partial charge in [-0.3, -0.25) is 0 Å². The van der Waals surface area contributed by atoms with Crippen LogP contribution in [0.15, 0.2) is 24.3 Å². The highest BCUT2D eigenvalue weighted by atomic mass is 14.3. The second-order valence-electron chi connectivity index (χ2n) is 7.92. The van der Waals surface area contributed by atoms with E-state index < -0.39 is 0 Å². The van der Waals surface area contributed by atoms with Gasteiger partial charge in [-0.15, -0.1) is 0 Å². The molecule has 122 valence electrons. The number of rotatable bonds is 4. The van der Waals surface area contributed by atoms with E-state index in [-0.39, 0.29) is 0 Å². The highest BCUT2D eigenvalue weighted by Crippen LogP contribution is 2.39. The van der Waals surface area contributed by atoms with Crippen LogP contribution in [0.5, 0.6) is 0 Å². The van der Waals surface area contributed by atoms with Crippen LogP contribution in [0.1, 0.15) is 101 Å². The van der Waals surface area contributed by atoms with Gasteiger partial charge in [0.05, 0.1) is 0 Å². The lowest BCUT2D eigenvalue weighted by Crippen LogP contribution is -2.14. The van der Waals surface area contributed by atoms with Gasteiger partial charge in [-0.05, 0) is 86.2 Å². The van der Waals surface area contributed by atoms with E-state index in [9.17, 15) is 0 Å². The maximum atomic E-state index is 2.46. The molecule has 0 heterocycles. The zero-order valence-electron chi connectivity index (χ0n) is 14.7. The van der Waals surface area contributed by atoms with E-state index in [1.54, 1.807) is 11.1 Å². The second kappa shape index (κ2) is 7.66. The average molecular weight is 299 g/mol. The summed E-state index contributed by atoms with van der Waals surface area (Å²) in [5.41, 5.74) is 3.22. The molecular weight excluding hydrogens is 264 g/mol. The molecule has 1 aromatic rings. The molecule has 2 saturated carbocycles. The monoisotopic (exact) mass is 298 g/mol. The van der Waals surface area contributed by atoms with Gasteiger partial charge in [0.1, 0.15) is 0 Å². The maximum absolute atomic E-state index is 2.46. The first-order valence-electron chi connectivity index (χ1n) is 9.90. The Labute approximate surface area is 137 Å². The summed E-state index contributed by atoms with van der Waals surface area (Å²) in [4.78, 5) is 0. The standard InChI is InChI=1S/C22H34/c1-3-17-5-9-19(10-6-17)21-13-15-22(16-14-21)20-11-7-18(4-2)8-12-20/h13-20H,3-12H2,1-2H3. The Bertz CT molecular complexity index is 385. The quantitative estimate of drug-likeness (QED) is 0.558. The molecule has 0 unspecified atom stereocenters. The molecule has 2 aliphatic carbocycles. The fourth-order valence-electron chi connectivity index (χ4n) is 4.85. The van der Waals surface area contributed by atoms with Crippen LogP contribution in [0.4, 0.5) is 0 Å². The predicted molar refractivity (Wildman–Crippen MR) is 96.4 cm³/mol. The molecule has 3 rings (SSSR count). The van der Waals surface area contributed by atoms with Crippen LogP contribution in [0, 0.1) is 11.8 Å². The molecule has 1 aromatic carbocycles. The van der Waals surface area contributed by atoms with Gasteiger partial charge >= 0.3 is 0 Å². The molecule has 0 atom stereocenters. The van der Waals surface area contributed by atoms with Gasteiger partial charge in [0.2, 0.25) is 0 Å². The van der Waals surface area contributed by atoms with E-state index in [0.29, 0.717) is 0 Å². The SMILES string of the molecule is CCC1CCC(c2ccc(C3CCC(CC)CC3)cc2)CC1. The Morgan fingerprint density at radius 1 is 0.591 bits per heavy atom. The van der Waals surface area contributed by atoms with Gasteiger partial charge < -0.3 is 0 Å². The smallest absolute Gasteiger partial charge is 0.0162 e. The van der Waals surface area contributed by atoms with Crippen LogP contribution in [-0.2, 0) is 0 Å². The summed E-state index contributed by atoms with van der Waals surface area (Å²) in [6.45, 7) is 4.71. The molecule has 0 nitrogen and oxygen atoms in total. The molecule has 0 heteroatoms. The van der Waals surface area contributed by atoms with E-state index in [2.05, 4.69) is 38.1 Å². The lowest BCUT2D eigenvalue weighted by Gasteiger charge is -2.30. The molecule has 22 heavy (non-hydrogen) atoms. The summed E-state index contributed by atoms with van der Waals surface area (Å²) in [7, 11) is 0. The molecule has 0 amide bonds. The van der Waals surface area contributed by atoms with Crippen molar-refractivity contribution in [3.63, 3.8) is 0 Å². The summed E-state index contributed by atoms with van der Waals surface area (Å²) in [6.07, 6.45) is 14.2. The van der Waals surface area contributed by atoms with Crippen LogP contribution < -0.4 is 0 Å². The normalized spacial score (nSPS) is 32.8. The van der Waals surface area contributed by atoms with Crippen molar-refractivity contribution in [2.45, 2.75) is 89.9 Å². The molecule has 0 N–H and O–H groups in total. The third kappa shape index (κ3) is 3.76. The molecule has 0 bridgehead atoms. The summed E-state index contributed by atoms with van der Waals surface area (Å²) in [5.74, 6) is 3.69. The Balaban J connectivity index is 1.57. The van der Waals surface area contributed by atoms with E-state index in [1.807, 2.05) is 0 Å². The number of hydrogen-bond acceptors (Lipinski definition) is 0.